The summed E-state index contributed by atoms with van der Waals surface area (Å²) >= 11 is 1.52. The highest BCUT2D eigenvalue weighted by atomic mass is 32.1. The van der Waals surface area contributed by atoms with Gasteiger partial charge in [0, 0.05) is 56.3 Å². The molecule has 0 spiro atoms. The van der Waals surface area contributed by atoms with Crippen LogP contribution < -0.4 is 0 Å². The second-order valence-electron chi connectivity index (χ2n) is 8.58. The van der Waals surface area contributed by atoms with Gasteiger partial charge in [-0.2, -0.15) is 5.10 Å². The molecule has 4 rings (SSSR count). The molecule has 9 heteroatoms. The van der Waals surface area contributed by atoms with Crippen molar-refractivity contribution in [3.63, 3.8) is 0 Å². The minimum absolute atomic E-state index is 0.118. The molecule has 2 aromatic heterocycles. The van der Waals surface area contributed by atoms with Gasteiger partial charge in [0.1, 0.15) is 0 Å². The molecule has 0 aliphatic carbocycles. The molecule has 34 heavy (non-hydrogen) atoms. The van der Waals surface area contributed by atoms with E-state index in [1.807, 2.05) is 47.0 Å². The fourth-order valence-corrected chi connectivity index (χ4v) is 4.97. The Morgan fingerprint density at radius 3 is 2.59 bits per heavy atom. The number of carbonyl (C=O) groups excluding carboxylic acids is 2. The first kappa shape index (κ1) is 24.1. The van der Waals surface area contributed by atoms with Crippen LogP contribution in [0.15, 0.2) is 41.2 Å². The lowest BCUT2D eigenvalue weighted by Gasteiger charge is -2.29. The molecule has 0 unspecified atom stereocenters. The number of likely N-dealkylation sites (N-methyl/N-ethyl adjacent to an activating group) is 1. The van der Waals surface area contributed by atoms with E-state index in [0.29, 0.717) is 45.0 Å². The highest BCUT2D eigenvalue weighted by Crippen LogP contribution is 2.25. The van der Waals surface area contributed by atoms with Gasteiger partial charge < -0.3 is 9.80 Å². The van der Waals surface area contributed by atoms with Gasteiger partial charge in [-0.3, -0.25) is 19.2 Å². The van der Waals surface area contributed by atoms with Crippen LogP contribution in [0.5, 0.6) is 0 Å². The maximum absolute atomic E-state index is 13.5. The molecule has 0 radical (unpaired) electrons. The lowest BCUT2D eigenvalue weighted by atomic mass is 10.0. The number of thiazole rings is 1. The third-order valence-corrected chi connectivity index (χ3v) is 6.93. The van der Waals surface area contributed by atoms with Crippen molar-refractivity contribution in [1.29, 1.82) is 0 Å². The summed E-state index contributed by atoms with van der Waals surface area (Å²) in [6.07, 6.45) is 0.754. The summed E-state index contributed by atoms with van der Waals surface area (Å²) < 4.78 is 1.97. The lowest BCUT2D eigenvalue weighted by Crippen LogP contribution is -2.42. The van der Waals surface area contributed by atoms with E-state index < -0.39 is 0 Å². The van der Waals surface area contributed by atoms with Gasteiger partial charge in [0.15, 0.2) is 5.69 Å². The first-order valence-electron chi connectivity index (χ1n) is 11.7. The third-order valence-electron chi connectivity index (χ3n) is 6.30. The molecule has 0 atom stereocenters. The maximum atomic E-state index is 13.5. The quantitative estimate of drug-likeness (QED) is 0.471. The maximum Gasteiger partial charge on any atom is 0.274 e. The Morgan fingerprint density at radius 2 is 1.91 bits per heavy atom. The van der Waals surface area contributed by atoms with Crippen LogP contribution in [0.4, 0.5) is 0 Å². The number of amides is 2. The van der Waals surface area contributed by atoms with Gasteiger partial charge in [-0.05, 0) is 19.4 Å². The van der Waals surface area contributed by atoms with Crippen LogP contribution in [0.25, 0.3) is 0 Å². The molecule has 1 aromatic carbocycles. The van der Waals surface area contributed by atoms with E-state index in [0.717, 1.165) is 35.5 Å². The van der Waals surface area contributed by atoms with E-state index >= 15 is 0 Å². The molecule has 3 aromatic rings. The summed E-state index contributed by atoms with van der Waals surface area (Å²) in [6.45, 7) is 8.12. The molecule has 0 bridgehead atoms. The molecule has 3 heterocycles. The number of hydrogen-bond acceptors (Lipinski definition) is 6. The highest BCUT2D eigenvalue weighted by molar-refractivity contribution is 7.07. The van der Waals surface area contributed by atoms with Crippen LogP contribution in [0.2, 0.25) is 0 Å². The molecule has 0 saturated carbocycles. The Kier molecular flexibility index (Phi) is 7.74. The minimum Gasteiger partial charge on any atom is -0.342 e. The van der Waals surface area contributed by atoms with Gasteiger partial charge in [-0.15, -0.1) is 11.3 Å². The number of carbonyl (C=O) groups is 2. The summed E-state index contributed by atoms with van der Waals surface area (Å²) in [5, 5.41) is 6.76. The number of hydrogen-bond donors (Lipinski definition) is 0. The van der Waals surface area contributed by atoms with E-state index in [2.05, 4.69) is 22.0 Å². The van der Waals surface area contributed by atoms with Crippen molar-refractivity contribution in [2.24, 2.45) is 0 Å². The SMILES string of the molecule is CCN(CC)C(=O)CN1CCc2c(c(C(=O)N(C)Cc3cscn3)nn2Cc2ccccc2)C1. The van der Waals surface area contributed by atoms with Crippen LogP contribution >= 0.6 is 11.3 Å². The first-order valence-corrected chi connectivity index (χ1v) is 12.7. The van der Waals surface area contributed by atoms with E-state index in [9.17, 15) is 9.59 Å². The lowest BCUT2D eigenvalue weighted by molar-refractivity contribution is -0.132. The van der Waals surface area contributed by atoms with Crippen molar-refractivity contribution >= 4 is 23.2 Å². The zero-order valence-electron chi connectivity index (χ0n) is 20.1. The van der Waals surface area contributed by atoms with Crippen molar-refractivity contribution in [2.75, 3.05) is 33.2 Å². The van der Waals surface area contributed by atoms with E-state index in [1.165, 1.54) is 11.3 Å². The number of benzene rings is 1. The van der Waals surface area contributed by atoms with Gasteiger partial charge >= 0.3 is 0 Å². The first-order chi connectivity index (χ1) is 16.5. The van der Waals surface area contributed by atoms with Gasteiger partial charge in [0.25, 0.3) is 5.91 Å². The van der Waals surface area contributed by atoms with Gasteiger partial charge in [0.2, 0.25) is 5.91 Å². The molecule has 0 saturated heterocycles. The summed E-state index contributed by atoms with van der Waals surface area (Å²) in [7, 11) is 1.79. The largest absolute Gasteiger partial charge is 0.342 e. The minimum atomic E-state index is -0.118. The van der Waals surface area contributed by atoms with Crippen LogP contribution in [0.1, 0.15) is 46.9 Å². The predicted octanol–water partition coefficient (Wildman–Crippen LogP) is 2.89. The van der Waals surface area contributed by atoms with Crippen molar-refractivity contribution < 1.29 is 9.59 Å². The Bertz CT molecular complexity index is 1110. The molecule has 0 fully saturated rings. The summed E-state index contributed by atoms with van der Waals surface area (Å²) in [5.41, 5.74) is 6.27. The molecule has 2 amide bonds. The average molecular weight is 481 g/mol. The molecule has 8 nitrogen and oxygen atoms in total. The number of fused-ring (bicyclic) bond motifs is 1. The number of nitrogens with zero attached hydrogens (tertiary/aromatic N) is 6. The monoisotopic (exact) mass is 480 g/mol. The summed E-state index contributed by atoms with van der Waals surface area (Å²) in [4.78, 5) is 36.2. The van der Waals surface area contributed by atoms with E-state index in [4.69, 9.17) is 5.10 Å². The van der Waals surface area contributed by atoms with E-state index in [1.54, 1.807) is 17.5 Å². The molecule has 0 N–H and O–H groups in total. The van der Waals surface area contributed by atoms with Crippen LogP contribution in [0.3, 0.4) is 0 Å². The molecule has 1 aliphatic rings. The molecule has 1 aliphatic heterocycles. The second-order valence-corrected chi connectivity index (χ2v) is 9.30. The zero-order valence-corrected chi connectivity index (χ0v) is 20.9. The van der Waals surface area contributed by atoms with Crippen LogP contribution in [-0.2, 0) is 30.8 Å². The van der Waals surface area contributed by atoms with Crippen LogP contribution in [0, 0.1) is 0 Å². The van der Waals surface area contributed by atoms with Crippen molar-refractivity contribution in [2.45, 2.75) is 39.9 Å². The summed E-state index contributed by atoms with van der Waals surface area (Å²) in [6, 6.07) is 10.2. The normalized spacial score (nSPS) is 13.5. The van der Waals surface area contributed by atoms with Crippen molar-refractivity contribution in [3.8, 4) is 0 Å². The average Bonchev–Trinajstić information content (AvgIpc) is 3.48. The second kappa shape index (κ2) is 10.9. The highest BCUT2D eigenvalue weighted by Gasteiger charge is 2.30. The van der Waals surface area contributed by atoms with Crippen LogP contribution in [-0.4, -0.2) is 74.5 Å². The van der Waals surface area contributed by atoms with E-state index in [-0.39, 0.29) is 11.8 Å². The molecule has 180 valence electrons. The Balaban J connectivity index is 1.60. The fourth-order valence-electron chi connectivity index (χ4n) is 4.42. The number of rotatable bonds is 9. The molecular weight excluding hydrogens is 448 g/mol. The van der Waals surface area contributed by atoms with Gasteiger partial charge in [-0.25, -0.2) is 4.98 Å². The Hall–Kier alpha value is -3.04. The zero-order chi connectivity index (χ0) is 24.1. The van der Waals surface area contributed by atoms with Gasteiger partial charge in [0.05, 0.1) is 30.8 Å². The third kappa shape index (κ3) is 5.37. The standard InChI is InChI=1S/C25H32N6O2S/c1-4-30(5-2)23(32)16-29-12-11-22-21(15-29)24(25(33)28(3)14-20-17-34-18-26-20)27-31(22)13-19-9-7-6-8-10-19/h6-10,17-18H,4-5,11-16H2,1-3H3. The smallest absolute Gasteiger partial charge is 0.274 e. The Labute approximate surface area is 204 Å². The topological polar surface area (TPSA) is 74.6 Å². The van der Waals surface area contributed by atoms with Gasteiger partial charge in [-0.1, -0.05) is 30.3 Å². The van der Waals surface area contributed by atoms with Crippen molar-refractivity contribution in [3.05, 3.63) is 69.4 Å². The van der Waals surface area contributed by atoms with Crippen molar-refractivity contribution in [1.82, 2.24) is 29.5 Å². The molecular formula is C25H32N6O2S. The fraction of sp³-hybridized carbons (Fsp3) is 0.440. The summed E-state index contributed by atoms with van der Waals surface area (Å²) in [5.74, 6) is 0.00614. The predicted molar refractivity (Wildman–Crippen MR) is 133 cm³/mol. The number of aromatic nitrogens is 3. The Morgan fingerprint density at radius 1 is 1.15 bits per heavy atom.